The summed E-state index contributed by atoms with van der Waals surface area (Å²) in [5.74, 6) is 0.0201. The first-order chi connectivity index (χ1) is 14.1. The van der Waals surface area contributed by atoms with Crippen LogP contribution < -0.4 is 0 Å². The Hall–Kier alpha value is -2.79. The highest BCUT2D eigenvalue weighted by atomic mass is 35.5. The number of hydrogen-bond donors (Lipinski definition) is 1. The Bertz CT molecular complexity index is 1120. The summed E-state index contributed by atoms with van der Waals surface area (Å²) in [6, 6.07) is 14.9. The molecule has 0 bridgehead atoms. The molecule has 29 heavy (non-hydrogen) atoms. The maximum absolute atomic E-state index is 13.3. The maximum Gasteiger partial charge on any atom is 0.246 e. The van der Waals surface area contributed by atoms with E-state index in [0.29, 0.717) is 18.0 Å². The van der Waals surface area contributed by atoms with E-state index in [1.54, 1.807) is 9.80 Å². The zero-order valence-corrected chi connectivity index (χ0v) is 16.9. The first-order valence-corrected chi connectivity index (χ1v) is 10.4. The van der Waals surface area contributed by atoms with Gasteiger partial charge in [0, 0.05) is 34.6 Å². The monoisotopic (exact) mass is 407 g/mol. The van der Waals surface area contributed by atoms with E-state index in [1.807, 2.05) is 49.4 Å². The SMILES string of the molecule is CCCN1CC(=O)N2C(Cc3c([nH]c4ccccc34)[C@H]2c2cccc(Cl)c2)C1=O. The maximum atomic E-state index is 13.3. The number of carbonyl (C=O) groups excluding carboxylic acids is 2. The Kier molecular flexibility index (Phi) is 4.36. The lowest BCUT2D eigenvalue weighted by Gasteiger charge is -2.47. The van der Waals surface area contributed by atoms with Crippen LogP contribution in [-0.4, -0.2) is 45.7 Å². The second kappa shape index (κ2) is 6.92. The number of halogens is 1. The fourth-order valence-electron chi connectivity index (χ4n) is 4.81. The summed E-state index contributed by atoms with van der Waals surface area (Å²) in [7, 11) is 0. The second-order valence-corrected chi connectivity index (χ2v) is 8.24. The van der Waals surface area contributed by atoms with Gasteiger partial charge in [-0.05, 0) is 35.7 Å². The van der Waals surface area contributed by atoms with Gasteiger partial charge in [-0.15, -0.1) is 0 Å². The third kappa shape index (κ3) is 2.84. The molecule has 3 heterocycles. The van der Waals surface area contributed by atoms with Gasteiger partial charge in [0.15, 0.2) is 0 Å². The van der Waals surface area contributed by atoms with Crippen molar-refractivity contribution in [3.63, 3.8) is 0 Å². The molecule has 2 aliphatic heterocycles. The van der Waals surface area contributed by atoms with Crippen molar-refractivity contribution in [1.29, 1.82) is 0 Å². The lowest BCUT2D eigenvalue weighted by Crippen LogP contribution is -2.63. The van der Waals surface area contributed by atoms with Crippen LogP contribution in [-0.2, 0) is 16.0 Å². The minimum atomic E-state index is -0.488. The number of piperazine rings is 1. The van der Waals surface area contributed by atoms with E-state index in [4.69, 9.17) is 11.6 Å². The predicted octanol–water partition coefficient (Wildman–Crippen LogP) is 3.92. The standard InChI is InChI=1S/C23H22ClN3O2/c1-2-10-26-13-20(28)27-19(23(26)29)12-17-16-8-3-4-9-18(16)25-21(17)22(27)14-6-5-7-15(24)11-14/h3-9,11,19,22,25H,2,10,12-13H2,1H3/t19?,22-/m1/s1. The number of nitrogens with zero attached hydrogens (tertiary/aromatic N) is 2. The molecule has 2 atom stereocenters. The van der Waals surface area contributed by atoms with Crippen LogP contribution in [0.1, 0.15) is 36.2 Å². The number of fused-ring (bicyclic) bond motifs is 4. The van der Waals surface area contributed by atoms with Crippen LogP contribution >= 0.6 is 11.6 Å². The van der Waals surface area contributed by atoms with E-state index >= 15 is 0 Å². The highest BCUT2D eigenvalue weighted by Gasteiger charge is 2.47. The number of carbonyl (C=O) groups is 2. The van der Waals surface area contributed by atoms with Gasteiger partial charge < -0.3 is 14.8 Å². The van der Waals surface area contributed by atoms with Crippen molar-refractivity contribution in [3.8, 4) is 0 Å². The van der Waals surface area contributed by atoms with E-state index in [0.717, 1.165) is 34.1 Å². The highest BCUT2D eigenvalue weighted by molar-refractivity contribution is 6.30. The van der Waals surface area contributed by atoms with Crippen molar-refractivity contribution in [1.82, 2.24) is 14.8 Å². The minimum absolute atomic E-state index is 0.0164. The molecule has 3 aromatic rings. The smallest absolute Gasteiger partial charge is 0.246 e. The molecule has 2 amide bonds. The molecule has 0 saturated carbocycles. The van der Waals surface area contributed by atoms with Crippen LogP contribution in [0.2, 0.25) is 5.02 Å². The van der Waals surface area contributed by atoms with Crippen LogP contribution in [0.5, 0.6) is 0 Å². The Labute approximate surface area is 174 Å². The van der Waals surface area contributed by atoms with Gasteiger partial charge in [-0.25, -0.2) is 0 Å². The number of aromatic amines is 1. The molecule has 2 aliphatic rings. The summed E-state index contributed by atoms with van der Waals surface area (Å²) in [5.41, 5.74) is 4.04. The molecule has 0 radical (unpaired) electrons. The molecule has 0 spiro atoms. The fourth-order valence-corrected chi connectivity index (χ4v) is 5.00. The molecule has 1 unspecified atom stereocenters. The van der Waals surface area contributed by atoms with Crippen LogP contribution in [0.4, 0.5) is 0 Å². The van der Waals surface area contributed by atoms with Crippen molar-refractivity contribution >= 4 is 34.3 Å². The van der Waals surface area contributed by atoms with Crippen molar-refractivity contribution in [2.75, 3.05) is 13.1 Å². The van der Waals surface area contributed by atoms with Gasteiger partial charge in [0.05, 0.1) is 12.6 Å². The molecule has 0 aliphatic carbocycles. The van der Waals surface area contributed by atoms with Crippen molar-refractivity contribution < 1.29 is 9.59 Å². The van der Waals surface area contributed by atoms with Crippen LogP contribution in [0.25, 0.3) is 10.9 Å². The average Bonchev–Trinajstić information content (AvgIpc) is 3.09. The van der Waals surface area contributed by atoms with Gasteiger partial charge >= 0.3 is 0 Å². The zero-order chi connectivity index (χ0) is 20.1. The number of nitrogens with one attached hydrogen (secondary N) is 1. The first-order valence-electron chi connectivity index (χ1n) is 10.0. The molecule has 1 N–H and O–H groups in total. The van der Waals surface area contributed by atoms with Crippen molar-refractivity contribution in [2.45, 2.75) is 31.8 Å². The Morgan fingerprint density at radius 1 is 1.14 bits per heavy atom. The molecule has 5 nitrogen and oxygen atoms in total. The summed E-state index contributed by atoms with van der Waals surface area (Å²) in [6.45, 7) is 2.77. The third-order valence-corrected chi connectivity index (χ3v) is 6.24. The van der Waals surface area contributed by atoms with Crippen molar-refractivity contribution in [2.24, 2.45) is 0 Å². The van der Waals surface area contributed by atoms with Gasteiger partial charge in [0.25, 0.3) is 0 Å². The van der Waals surface area contributed by atoms with E-state index in [-0.39, 0.29) is 24.4 Å². The molecule has 2 aromatic carbocycles. The lowest BCUT2D eigenvalue weighted by molar-refractivity contribution is -0.158. The van der Waals surface area contributed by atoms with Crippen molar-refractivity contribution in [3.05, 3.63) is 70.4 Å². The van der Waals surface area contributed by atoms with Crippen LogP contribution in [0.3, 0.4) is 0 Å². The predicted molar refractivity (Wildman–Crippen MR) is 113 cm³/mol. The van der Waals surface area contributed by atoms with Crippen LogP contribution in [0, 0.1) is 0 Å². The third-order valence-electron chi connectivity index (χ3n) is 6.00. The minimum Gasteiger partial charge on any atom is -0.356 e. The summed E-state index contributed by atoms with van der Waals surface area (Å²) in [6.07, 6.45) is 1.36. The normalized spacial score (nSPS) is 21.4. The summed E-state index contributed by atoms with van der Waals surface area (Å²) in [5, 5.41) is 1.73. The number of hydrogen-bond acceptors (Lipinski definition) is 2. The molecule has 1 aromatic heterocycles. The van der Waals surface area contributed by atoms with Gasteiger partial charge in [-0.1, -0.05) is 48.9 Å². The number of amides is 2. The highest BCUT2D eigenvalue weighted by Crippen LogP contribution is 2.42. The average molecular weight is 408 g/mol. The van der Waals surface area contributed by atoms with E-state index in [1.165, 1.54) is 0 Å². The Balaban J connectivity index is 1.72. The molecule has 148 valence electrons. The molecule has 6 heteroatoms. The number of benzene rings is 2. The van der Waals surface area contributed by atoms with Gasteiger partial charge in [-0.2, -0.15) is 0 Å². The van der Waals surface area contributed by atoms with Gasteiger partial charge in [0.1, 0.15) is 6.04 Å². The topological polar surface area (TPSA) is 56.4 Å². The molecular weight excluding hydrogens is 386 g/mol. The number of para-hydroxylation sites is 1. The van der Waals surface area contributed by atoms with E-state index in [9.17, 15) is 9.59 Å². The van der Waals surface area contributed by atoms with E-state index < -0.39 is 6.04 Å². The summed E-state index contributed by atoms with van der Waals surface area (Å²) < 4.78 is 0. The van der Waals surface area contributed by atoms with Gasteiger partial charge in [0.2, 0.25) is 11.8 Å². The Morgan fingerprint density at radius 3 is 2.76 bits per heavy atom. The first kappa shape index (κ1) is 18.3. The molecular formula is C23H22ClN3O2. The number of rotatable bonds is 3. The quantitative estimate of drug-likeness (QED) is 0.715. The Morgan fingerprint density at radius 2 is 1.97 bits per heavy atom. The molecule has 1 saturated heterocycles. The lowest BCUT2D eigenvalue weighted by atomic mass is 9.86. The number of aromatic nitrogens is 1. The molecule has 1 fully saturated rings. The fraction of sp³-hybridized carbons (Fsp3) is 0.304. The van der Waals surface area contributed by atoms with Crippen LogP contribution in [0.15, 0.2) is 48.5 Å². The second-order valence-electron chi connectivity index (χ2n) is 7.80. The zero-order valence-electron chi connectivity index (χ0n) is 16.2. The molecule has 5 rings (SSSR count). The van der Waals surface area contributed by atoms with Gasteiger partial charge in [-0.3, -0.25) is 9.59 Å². The van der Waals surface area contributed by atoms with E-state index in [2.05, 4.69) is 11.1 Å². The number of H-pyrrole nitrogens is 1. The summed E-state index contributed by atoms with van der Waals surface area (Å²) in [4.78, 5) is 33.6. The largest absolute Gasteiger partial charge is 0.356 e. The summed E-state index contributed by atoms with van der Waals surface area (Å²) >= 11 is 6.29.